The van der Waals surface area contributed by atoms with E-state index < -0.39 is 41.7 Å². The molecule has 82 valence electrons. The molecule has 3 nitrogen and oxygen atoms in total. The summed E-state index contributed by atoms with van der Waals surface area (Å²) in [6.45, 7) is 0. The number of carbonyl (C=O) groups is 1. The molecule has 0 aliphatic rings. The quantitative estimate of drug-likeness (QED) is 0.796. The third kappa shape index (κ3) is 2.42. The largest absolute Gasteiger partial charge is 0.481 e. The Morgan fingerprint density at radius 1 is 1.47 bits per heavy atom. The first-order valence-electron chi connectivity index (χ1n) is 3.76. The van der Waals surface area contributed by atoms with Crippen molar-refractivity contribution in [3.8, 4) is 0 Å². The number of rotatable bonds is 3. The minimum Gasteiger partial charge on any atom is -0.481 e. The lowest BCUT2D eigenvalue weighted by molar-refractivity contribution is -0.136. The highest BCUT2D eigenvalue weighted by molar-refractivity contribution is 5.70. The Kier molecular flexibility index (Phi) is 3.23. The molecule has 0 bridgehead atoms. The molecular weight excluding hydrogens is 218 g/mol. The summed E-state index contributed by atoms with van der Waals surface area (Å²) < 4.78 is 50.0. The second kappa shape index (κ2) is 4.24. The topological polar surface area (TPSA) is 50.2 Å². The number of alkyl halides is 2. The van der Waals surface area contributed by atoms with Gasteiger partial charge in [0, 0.05) is 0 Å². The van der Waals surface area contributed by atoms with Crippen LogP contribution in [0.15, 0.2) is 6.20 Å². The van der Waals surface area contributed by atoms with Crippen molar-refractivity contribution in [3.63, 3.8) is 0 Å². The summed E-state index contributed by atoms with van der Waals surface area (Å²) >= 11 is 0. The fourth-order valence-corrected chi connectivity index (χ4v) is 1.02. The Hall–Kier alpha value is -1.66. The lowest BCUT2D eigenvalue weighted by Gasteiger charge is -2.07. The van der Waals surface area contributed by atoms with Gasteiger partial charge in [-0.15, -0.1) is 0 Å². The van der Waals surface area contributed by atoms with Crippen LogP contribution in [-0.2, 0) is 11.2 Å². The third-order valence-corrected chi connectivity index (χ3v) is 1.63. The standard InChI is InChI=1S/C8H5F4NO2/c9-3-2-13-4(1-5(14)15)6(7(3)10)8(11)12/h2,8H,1H2,(H,14,15). The highest BCUT2D eigenvalue weighted by Gasteiger charge is 2.23. The van der Waals surface area contributed by atoms with E-state index in [0.717, 1.165) is 0 Å². The van der Waals surface area contributed by atoms with E-state index in [4.69, 9.17) is 5.11 Å². The highest BCUT2D eigenvalue weighted by Crippen LogP contribution is 2.26. The number of hydrogen-bond donors (Lipinski definition) is 1. The zero-order chi connectivity index (χ0) is 11.6. The van der Waals surface area contributed by atoms with Crippen molar-refractivity contribution in [2.45, 2.75) is 12.8 Å². The number of halogens is 4. The van der Waals surface area contributed by atoms with E-state index in [-0.39, 0.29) is 0 Å². The Bertz CT molecular complexity index is 394. The van der Waals surface area contributed by atoms with Gasteiger partial charge in [0.25, 0.3) is 6.43 Å². The van der Waals surface area contributed by atoms with Crippen molar-refractivity contribution >= 4 is 5.97 Å². The molecule has 0 saturated heterocycles. The minimum atomic E-state index is -3.30. The van der Waals surface area contributed by atoms with Crippen LogP contribution in [0.1, 0.15) is 17.7 Å². The number of carboxylic acids is 1. The molecule has 0 aromatic carbocycles. The van der Waals surface area contributed by atoms with E-state index in [1.807, 2.05) is 0 Å². The first kappa shape index (κ1) is 11.4. The van der Waals surface area contributed by atoms with Gasteiger partial charge in [-0.05, 0) is 0 Å². The summed E-state index contributed by atoms with van der Waals surface area (Å²) in [6.07, 6.45) is -3.81. The summed E-state index contributed by atoms with van der Waals surface area (Å²) in [5.41, 5.74) is -1.96. The van der Waals surface area contributed by atoms with Gasteiger partial charge in [0.15, 0.2) is 11.6 Å². The van der Waals surface area contributed by atoms with Gasteiger partial charge in [-0.1, -0.05) is 0 Å². The third-order valence-electron chi connectivity index (χ3n) is 1.63. The molecule has 1 aromatic rings. The fraction of sp³-hybridized carbons (Fsp3) is 0.250. The van der Waals surface area contributed by atoms with Crippen LogP contribution in [0.4, 0.5) is 17.6 Å². The molecule has 0 aliphatic heterocycles. The van der Waals surface area contributed by atoms with Gasteiger partial charge in [-0.25, -0.2) is 17.6 Å². The van der Waals surface area contributed by atoms with Crippen LogP contribution in [0, 0.1) is 11.6 Å². The van der Waals surface area contributed by atoms with Crippen molar-refractivity contribution in [1.82, 2.24) is 4.98 Å². The van der Waals surface area contributed by atoms with Crippen LogP contribution in [0.3, 0.4) is 0 Å². The molecule has 1 heterocycles. The Balaban J connectivity index is 3.26. The van der Waals surface area contributed by atoms with Crippen molar-refractivity contribution in [2.24, 2.45) is 0 Å². The second-order valence-corrected chi connectivity index (χ2v) is 2.65. The Labute approximate surface area is 81.4 Å². The number of nitrogens with zero attached hydrogens (tertiary/aromatic N) is 1. The number of aromatic nitrogens is 1. The van der Waals surface area contributed by atoms with Gasteiger partial charge < -0.3 is 5.11 Å². The van der Waals surface area contributed by atoms with Gasteiger partial charge in [0.05, 0.1) is 23.9 Å². The zero-order valence-electron chi connectivity index (χ0n) is 7.18. The average molecular weight is 223 g/mol. The van der Waals surface area contributed by atoms with Crippen molar-refractivity contribution in [2.75, 3.05) is 0 Å². The van der Waals surface area contributed by atoms with E-state index in [0.29, 0.717) is 6.20 Å². The fourth-order valence-electron chi connectivity index (χ4n) is 1.02. The SMILES string of the molecule is O=C(O)Cc1ncc(F)c(F)c1C(F)F. The number of pyridine rings is 1. The first-order chi connectivity index (χ1) is 6.93. The molecule has 1 N–H and O–H groups in total. The van der Waals surface area contributed by atoms with E-state index in [1.165, 1.54) is 0 Å². The molecule has 0 spiro atoms. The van der Waals surface area contributed by atoms with Crippen molar-refractivity contribution in [3.05, 3.63) is 29.1 Å². The normalized spacial score (nSPS) is 10.7. The minimum absolute atomic E-state index is 0.374. The summed E-state index contributed by atoms with van der Waals surface area (Å²) in [5, 5.41) is 8.33. The van der Waals surface area contributed by atoms with Crippen LogP contribution in [0.5, 0.6) is 0 Å². The first-order valence-corrected chi connectivity index (χ1v) is 3.76. The summed E-state index contributed by atoms with van der Waals surface area (Å²) in [6, 6.07) is 0. The van der Waals surface area contributed by atoms with Crippen molar-refractivity contribution in [1.29, 1.82) is 0 Å². The monoisotopic (exact) mass is 223 g/mol. The van der Waals surface area contributed by atoms with E-state index >= 15 is 0 Å². The summed E-state index contributed by atoms with van der Waals surface area (Å²) in [5.74, 6) is -4.73. The van der Waals surface area contributed by atoms with Crippen molar-refractivity contribution < 1.29 is 27.5 Å². The summed E-state index contributed by atoms with van der Waals surface area (Å²) in [7, 11) is 0. The van der Waals surface area contributed by atoms with Crippen LogP contribution >= 0.6 is 0 Å². The molecule has 0 saturated carbocycles. The van der Waals surface area contributed by atoms with Crippen LogP contribution in [0.2, 0.25) is 0 Å². The number of aliphatic carboxylic acids is 1. The molecule has 0 atom stereocenters. The predicted molar refractivity (Wildman–Crippen MR) is 40.4 cm³/mol. The average Bonchev–Trinajstić information content (AvgIpc) is 2.10. The van der Waals surface area contributed by atoms with Gasteiger partial charge in [0.2, 0.25) is 0 Å². The van der Waals surface area contributed by atoms with Gasteiger partial charge in [0.1, 0.15) is 0 Å². The molecule has 1 aromatic heterocycles. The maximum atomic E-state index is 12.9. The molecule has 0 aliphatic carbocycles. The van der Waals surface area contributed by atoms with Gasteiger partial charge >= 0.3 is 5.97 Å². The summed E-state index contributed by atoms with van der Waals surface area (Å²) in [4.78, 5) is 13.4. The lowest BCUT2D eigenvalue weighted by atomic mass is 10.1. The van der Waals surface area contributed by atoms with E-state index in [9.17, 15) is 22.4 Å². The Morgan fingerprint density at radius 3 is 2.53 bits per heavy atom. The van der Waals surface area contributed by atoms with Crippen LogP contribution in [0.25, 0.3) is 0 Å². The molecule has 0 amide bonds. The number of hydrogen-bond acceptors (Lipinski definition) is 2. The molecule has 1 rings (SSSR count). The molecular formula is C8H5F4NO2. The smallest absolute Gasteiger partial charge is 0.309 e. The molecule has 0 fully saturated rings. The second-order valence-electron chi connectivity index (χ2n) is 2.65. The number of carboxylic acid groups (broad SMARTS) is 1. The maximum absolute atomic E-state index is 12.9. The van der Waals surface area contributed by atoms with Gasteiger partial charge in [-0.2, -0.15) is 0 Å². The van der Waals surface area contributed by atoms with Gasteiger partial charge in [-0.3, -0.25) is 9.78 Å². The van der Waals surface area contributed by atoms with E-state index in [2.05, 4.69) is 4.98 Å². The maximum Gasteiger partial charge on any atom is 0.309 e. The Morgan fingerprint density at radius 2 is 2.07 bits per heavy atom. The molecule has 7 heteroatoms. The molecule has 15 heavy (non-hydrogen) atoms. The lowest BCUT2D eigenvalue weighted by Crippen LogP contribution is -2.09. The molecule has 0 unspecified atom stereocenters. The van der Waals surface area contributed by atoms with E-state index in [1.54, 1.807) is 0 Å². The highest BCUT2D eigenvalue weighted by atomic mass is 19.3. The van der Waals surface area contributed by atoms with Crippen LogP contribution < -0.4 is 0 Å². The zero-order valence-corrected chi connectivity index (χ0v) is 7.18. The predicted octanol–water partition coefficient (Wildman–Crippen LogP) is 1.92. The van der Waals surface area contributed by atoms with Crippen LogP contribution in [-0.4, -0.2) is 16.1 Å². The molecule has 0 radical (unpaired) electrons.